The molecule has 0 heterocycles. The van der Waals surface area contributed by atoms with Crippen molar-refractivity contribution in [2.75, 3.05) is 6.61 Å². The molecule has 0 aromatic heterocycles. The molecule has 3 rings (SSSR count). The highest BCUT2D eigenvalue weighted by Crippen LogP contribution is 2.45. The lowest BCUT2D eigenvalue weighted by Crippen LogP contribution is -2.40. The Morgan fingerprint density at radius 1 is 0.944 bits per heavy atom. The van der Waals surface area contributed by atoms with E-state index in [1.807, 2.05) is 19.6 Å². The van der Waals surface area contributed by atoms with Gasteiger partial charge in [0.2, 0.25) is 0 Å². The van der Waals surface area contributed by atoms with Crippen molar-refractivity contribution in [3.05, 3.63) is 23.0 Å². The predicted octanol–water partition coefficient (Wildman–Crippen LogP) is 8.62. The summed E-state index contributed by atoms with van der Waals surface area (Å²) in [5.74, 6) is 0.859. The molecule has 36 heavy (non-hydrogen) atoms. The van der Waals surface area contributed by atoms with E-state index in [4.69, 9.17) is 4.74 Å². The molecular weight excluding hydrogens is 484 g/mol. The highest BCUT2D eigenvalue weighted by molar-refractivity contribution is 6.89. The average Bonchev–Trinajstić information content (AvgIpc) is 2.80. The third kappa shape index (κ3) is 7.06. The summed E-state index contributed by atoms with van der Waals surface area (Å²) < 4.78 is 62.8. The minimum absolute atomic E-state index is 0.0804. The second kappa shape index (κ2) is 12.2. The van der Waals surface area contributed by atoms with Crippen LogP contribution in [0, 0.1) is 29.5 Å². The zero-order valence-electron chi connectivity index (χ0n) is 22.8. The minimum Gasteiger partial charge on any atom is -0.491 e. The fourth-order valence-corrected chi connectivity index (χ4v) is 8.19. The Morgan fingerprint density at radius 3 is 1.92 bits per heavy atom. The zero-order valence-corrected chi connectivity index (χ0v) is 23.8. The second-order valence-electron chi connectivity index (χ2n) is 12.3. The van der Waals surface area contributed by atoms with Crippen LogP contribution in [-0.2, 0) is 6.18 Å². The molecule has 2 aliphatic rings. The first-order valence-electron chi connectivity index (χ1n) is 14.1. The maximum atomic E-state index is 15.3. The van der Waals surface area contributed by atoms with E-state index in [9.17, 15) is 18.3 Å². The Labute approximate surface area is 216 Å². The first-order valence-corrected chi connectivity index (χ1v) is 17.6. The van der Waals surface area contributed by atoms with Gasteiger partial charge < -0.3 is 9.84 Å². The van der Waals surface area contributed by atoms with Gasteiger partial charge in [-0.05, 0) is 73.4 Å². The topological polar surface area (TPSA) is 29.5 Å². The molecule has 0 radical (unpaired) electrons. The molecule has 0 aliphatic heterocycles. The Kier molecular flexibility index (Phi) is 9.98. The smallest absolute Gasteiger partial charge is 0.419 e. The summed E-state index contributed by atoms with van der Waals surface area (Å²) in [6, 6.07) is 1.40. The van der Waals surface area contributed by atoms with Gasteiger partial charge in [0.05, 0.1) is 20.8 Å². The van der Waals surface area contributed by atoms with Crippen LogP contribution in [0.1, 0.15) is 102 Å². The molecule has 2 fully saturated rings. The number of rotatable bonds is 9. The van der Waals surface area contributed by atoms with Gasteiger partial charge in [-0.2, -0.15) is 13.2 Å². The van der Waals surface area contributed by atoms with Crippen molar-refractivity contribution < 1.29 is 27.4 Å². The van der Waals surface area contributed by atoms with Gasteiger partial charge in [0.1, 0.15) is 5.56 Å². The summed E-state index contributed by atoms with van der Waals surface area (Å²) in [6.45, 7) is 9.82. The van der Waals surface area contributed by atoms with Gasteiger partial charge in [0.25, 0.3) is 0 Å². The number of ether oxygens (including phenoxy) is 1. The van der Waals surface area contributed by atoms with E-state index in [0.29, 0.717) is 11.1 Å². The van der Waals surface area contributed by atoms with E-state index >= 15 is 4.39 Å². The monoisotopic (exact) mass is 530 g/mol. The van der Waals surface area contributed by atoms with Crippen molar-refractivity contribution in [1.29, 1.82) is 0 Å². The molecule has 7 heteroatoms. The zero-order chi connectivity index (χ0) is 26.7. The highest BCUT2D eigenvalue weighted by atomic mass is 28.3. The van der Waals surface area contributed by atoms with Gasteiger partial charge in [-0.15, -0.1) is 0 Å². The second-order valence-corrected chi connectivity index (χ2v) is 17.4. The van der Waals surface area contributed by atoms with Crippen molar-refractivity contribution in [3.8, 4) is 5.75 Å². The van der Waals surface area contributed by atoms with Gasteiger partial charge >= 0.3 is 6.18 Å². The van der Waals surface area contributed by atoms with Crippen LogP contribution in [0.4, 0.5) is 17.6 Å². The Hall–Kier alpha value is -1.08. The highest BCUT2D eigenvalue weighted by Gasteiger charge is 2.42. The van der Waals surface area contributed by atoms with Gasteiger partial charge in [0, 0.05) is 0 Å². The molecule has 1 aromatic carbocycles. The van der Waals surface area contributed by atoms with Crippen LogP contribution in [0.25, 0.3) is 0 Å². The van der Waals surface area contributed by atoms with Crippen LogP contribution < -0.4 is 9.92 Å². The summed E-state index contributed by atoms with van der Waals surface area (Å²) in [5.41, 5.74) is -1.68. The Balaban J connectivity index is 1.73. The van der Waals surface area contributed by atoms with Crippen LogP contribution in [0.2, 0.25) is 19.6 Å². The van der Waals surface area contributed by atoms with Gasteiger partial charge in [-0.25, -0.2) is 4.39 Å². The number of hydrogen-bond donors (Lipinski definition) is 1. The van der Waals surface area contributed by atoms with Gasteiger partial charge in [-0.3, -0.25) is 0 Å². The number of aliphatic hydroxyl groups is 1. The molecule has 2 saturated carbocycles. The maximum Gasteiger partial charge on any atom is 0.419 e. The molecule has 1 N–H and O–H groups in total. The SMILES string of the molecule is CCCC1CCC(C2CCC(CC(O)c3cc([Si](C)(C)C)c(OCC)c(F)c3C(F)(F)F)CC2)CC1. The molecule has 0 spiro atoms. The number of alkyl halides is 3. The number of aliphatic hydroxyl groups excluding tert-OH is 1. The number of benzene rings is 1. The molecular formula is C29H46F4O2Si. The van der Waals surface area contributed by atoms with E-state index in [1.165, 1.54) is 44.6 Å². The summed E-state index contributed by atoms with van der Waals surface area (Å²) in [5, 5.41) is 11.5. The van der Waals surface area contributed by atoms with Crippen LogP contribution in [0.3, 0.4) is 0 Å². The van der Waals surface area contributed by atoms with E-state index in [2.05, 4.69) is 6.92 Å². The van der Waals surface area contributed by atoms with Gasteiger partial charge in [-0.1, -0.05) is 71.2 Å². The van der Waals surface area contributed by atoms with Gasteiger partial charge in [0.15, 0.2) is 11.6 Å². The van der Waals surface area contributed by atoms with Crippen LogP contribution in [0.5, 0.6) is 5.75 Å². The van der Waals surface area contributed by atoms with Crippen LogP contribution in [-0.4, -0.2) is 19.8 Å². The fourth-order valence-electron chi connectivity index (χ4n) is 6.74. The minimum atomic E-state index is -4.90. The molecule has 1 atom stereocenters. The molecule has 1 aromatic rings. The first kappa shape index (κ1) is 29.5. The molecule has 1 unspecified atom stereocenters. The van der Waals surface area contributed by atoms with E-state index in [0.717, 1.165) is 37.5 Å². The normalized spacial score (nSPS) is 26.6. The summed E-state index contributed by atoms with van der Waals surface area (Å²) >= 11 is 0. The Morgan fingerprint density at radius 2 is 1.47 bits per heavy atom. The van der Waals surface area contributed by atoms with Crippen molar-refractivity contribution in [3.63, 3.8) is 0 Å². The van der Waals surface area contributed by atoms with E-state index in [-0.39, 0.29) is 30.3 Å². The predicted molar refractivity (Wildman–Crippen MR) is 141 cm³/mol. The third-order valence-electron chi connectivity index (χ3n) is 8.69. The number of halogens is 4. The van der Waals surface area contributed by atoms with Crippen molar-refractivity contribution in [1.82, 2.24) is 0 Å². The van der Waals surface area contributed by atoms with Crippen molar-refractivity contribution in [2.24, 2.45) is 23.7 Å². The average molecular weight is 531 g/mol. The van der Waals surface area contributed by atoms with Crippen molar-refractivity contribution in [2.45, 2.75) is 116 Å². The number of hydrogen-bond acceptors (Lipinski definition) is 2. The van der Waals surface area contributed by atoms with Crippen molar-refractivity contribution >= 4 is 13.3 Å². The Bertz CT molecular complexity index is 848. The molecule has 2 nitrogen and oxygen atoms in total. The van der Waals surface area contributed by atoms with E-state index < -0.39 is 31.7 Å². The largest absolute Gasteiger partial charge is 0.491 e. The molecule has 0 saturated heterocycles. The van der Waals surface area contributed by atoms with Crippen LogP contribution >= 0.6 is 0 Å². The summed E-state index contributed by atoms with van der Waals surface area (Å²) in [6.07, 6.45) is 5.92. The first-order chi connectivity index (χ1) is 16.9. The van der Waals surface area contributed by atoms with Crippen LogP contribution in [0.15, 0.2) is 6.07 Å². The molecule has 0 amide bonds. The molecule has 0 bridgehead atoms. The summed E-state index contributed by atoms with van der Waals surface area (Å²) in [7, 11) is -2.24. The lowest BCUT2D eigenvalue weighted by Gasteiger charge is -2.38. The quantitative estimate of drug-likeness (QED) is 0.256. The third-order valence-corrected chi connectivity index (χ3v) is 10.7. The standard InChI is InChI=1S/C29H46F4O2Si/c1-6-8-19-9-13-21(14-10-19)22-15-11-20(12-16-22)17-24(34)23-18-25(36(3,4)5)28(35-7-2)27(30)26(23)29(31,32)33/h18-22,24,34H,6-17H2,1-5H3. The fraction of sp³-hybridized carbons (Fsp3) is 0.793. The summed E-state index contributed by atoms with van der Waals surface area (Å²) in [4.78, 5) is 0. The molecule has 206 valence electrons. The molecule has 2 aliphatic carbocycles. The maximum absolute atomic E-state index is 15.3. The lowest BCUT2D eigenvalue weighted by molar-refractivity contribution is -0.142. The lowest BCUT2D eigenvalue weighted by atomic mass is 9.68. The van der Waals surface area contributed by atoms with E-state index in [1.54, 1.807) is 6.92 Å².